The summed E-state index contributed by atoms with van der Waals surface area (Å²) in [6.45, 7) is 5.67. The third-order valence-electron chi connectivity index (χ3n) is 2.25. The normalized spacial score (nSPS) is 11.2. The molecule has 7 nitrogen and oxygen atoms in total. The summed E-state index contributed by atoms with van der Waals surface area (Å²) in [7, 11) is 0. The molecule has 0 atom stereocenters. The highest BCUT2D eigenvalue weighted by Crippen LogP contribution is 2.15. The number of hydrogen-bond donors (Lipinski definition) is 3. The fourth-order valence-corrected chi connectivity index (χ4v) is 1.93. The number of aliphatic hydroxyl groups excluding tert-OH is 1. The minimum atomic E-state index is -0.361. The van der Waals surface area contributed by atoms with Crippen LogP contribution in [0.25, 0.3) is 0 Å². The molecule has 0 aliphatic heterocycles. The summed E-state index contributed by atoms with van der Waals surface area (Å²) in [5.74, 6) is -0.177. The molecule has 0 fully saturated rings. The van der Waals surface area contributed by atoms with Gasteiger partial charge in [0, 0.05) is 5.54 Å². The second kappa shape index (κ2) is 6.85. The predicted molar refractivity (Wildman–Crippen MR) is 79.7 cm³/mol. The number of carbonyl (C=O) groups excluding carboxylic acids is 1. The van der Waals surface area contributed by atoms with Gasteiger partial charge in [-0.1, -0.05) is 0 Å². The molecule has 1 amide bonds. The summed E-state index contributed by atoms with van der Waals surface area (Å²) in [5.41, 5.74) is -0.229. The van der Waals surface area contributed by atoms with Gasteiger partial charge in [-0.25, -0.2) is 4.68 Å². The zero-order valence-corrected chi connectivity index (χ0v) is 13.3. The van der Waals surface area contributed by atoms with Crippen LogP contribution >= 0.6 is 15.9 Å². The Morgan fingerprint density at radius 3 is 2.70 bits per heavy atom. The monoisotopic (exact) mass is 346 g/mol. The van der Waals surface area contributed by atoms with E-state index in [0.29, 0.717) is 5.69 Å². The SMILES string of the molecule is CC(C)(C)NC(=O)CNc1cnn(CCO)c(=O)c1Br. The van der Waals surface area contributed by atoms with Crippen LogP contribution in [0.3, 0.4) is 0 Å². The van der Waals surface area contributed by atoms with Crippen molar-refractivity contribution in [2.75, 3.05) is 18.5 Å². The van der Waals surface area contributed by atoms with E-state index < -0.39 is 0 Å². The summed E-state index contributed by atoms with van der Waals surface area (Å²) >= 11 is 3.16. The molecule has 0 saturated heterocycles. The predicted octanol–water partition coefficient (Wildman–Crippen LogP) is 0.325. The van der Waals surface area contributed by atoms with Crippen molar-refractivity contribution in [1.29, 1.82) is 0 Å². The molecule has 1 rings (SSSR count). The topological polar surface area (TPSA) is 96.2 Å². The van der Waals surface area contributed by atoms with Crippen LogP contribution < -0.4 is 16.2 Å². The summed E-state index contributed by atoms with van der Waals surface area (Å²) in [6.07, 6.45) is 1.44. The molecule has 0 aliphatic rings. The van der Waals surface area contributed by atoms with Crippen LogP contribution in [0.1, 0.15) is 20.8 Å². The fraction of sp³-hybridized carbons (Fsp3) is 0.583. The van der Waals surface area contributed by atoms with E-state index in [-0.39, 0.29) is 41.2 Å². The van der Waals surface area contributed by atoms with E-state index in [1.807, 2.05) is 20.8 Å². The number of amides is 1. The highest BCUT2D eigenvalue weighted by atomic mass is 79.9. The highest BCUT2D eigenvalue weighted by molar-refractivity contribution is 9.10. The molecular weight excluding hydrogens is 328 g/mol. The smallest absolute Gasteiger partial charge is 0.283 e. The maximum Gasteiger partial charge on any atom is 0.283 e. The number of aromatic nitrogens is 2. The second-order valence-corrected chi connectivity index (χ2v) is 6.07. The van der Waals surface area contributed by atoms with E-state index in [1.54, 1.807) is 0 Å². The lowest BCUT2D eigenvalue weighted by molar-refractivity contribution is -0.120. The first-order chi connectivity index (χ1) is 9.24. The van der Waals surface area contributed by atoms with Gasteiger partial charge in [0.25, 0.3) is 5.56 Å². The van der Waals surface area contributed by atoms with E-state index in [9.17, 15) is 9.59 Å². The molecule has 0 unspecified atom stereocenters. The molecule has 1 aromatic rings. The maximum absolute atomic E-state index is 11.9. The number of hydrogen-bond acceptors (Lipinski definition) is 5. The summed E-state index contributed by atoms with van der Waals surface area (Å²) in [4.78, 5) is 23.5. The Balaban J connectivity index is 2.73. The number of aliphatic hydroxyl groups is 1. The number of nitrogens with one attached hydrogen (secondary N) is 2. The van der Waals surface area contributed by atoms with Crippen LogP contribution in [-0.4, -0.2) is 39.5 Å². The van der Waals surface area contributed by atoms with Crippen LogP contribution in [0.4, 0.5) is 5.69 Å². The van der Waals surface area contributed by atoms with E-state index >= 15 is 0 Å². The molecule has 0 radical (unpaired) electrons. The summed E-state index contributed by atoms with van der Waals surface area (Å²) < 4.78 is 1.43. The minimum Gasteiger partial charge on any atom is -0.394 e. The van der Waals surface area contributed by atoms with Gasteiger partial charge < -0.3 is 15.7 Å². The first-order valence-corrected chi connectivity index (χ1v) is 6.95. The van der Waals surface area contributed by atoms with Crippen LogP contribution in [0.5, 0.6) is 0 Å². The van der Waals surface area contributed by atoms with Gasteiger partial charge in [-0.15, -0.1) is 0 Å². The van der Waals surface area contributed by atoms with Gasteiger partial charge in [0.2, 0.25) is 5.91 Å². The van der Waals surface area contributed by atoms with Crippen LogP contribution in [0.2, 0.25) is 0 Å². The number of anilines is 1. The third kappa shape index (κ3) is 4.93. The molecule has 20 heavy (non-hydrogen) atoms. The highest BCUT2D eigenvalue weighted by Gasteiger charge is 2.14. The van der Waals surface area contributed by atoms with Crippen molar-refractivity contribution < 1.29 is 9.90 Å². The van der Waals surface area contributed by atoms with Crippen molar-refractivity contribution in [3.8, 4) is 0 Å². The summed E-state index contributed by atoms with van der Waals surface area (Å²) in [6, 6.07) is 0. The van der Waals surface area contributed by atoms with Crippen LogP contribution in [0, 0.1) is 0 Å². The Kier molecular flexibility index (Phi) is 5.70. The van der Waals surface area contributed by atoms with Crippen molar-refractivity contribution >= 4 is 27.5 Å². The molecule has 0 aliphatic carbocycles. The van der Waals surface area contributed by atoms with Gasteiger partial charge in [-0.05, 0) is 36.7 Å². The fourth-order valence-electron chi connectivity index (χ4n) is 1.48. The Morgan fingerprint density at radius 2 is 2.15 bits per heavy atom. The zero-order chi connectivity index (χ0) is 15.3. The second-order valence-electron chi connectivity index (χ2n) is 5.28. The van der Waals surface area contributed by atoms with Gasteiger partial charge in [-0.3, -0.25) is 9.59 Å². The Hall–Kier alpha value is -1.41. The Morgan fingerprint density at radius 1 is 1.50 bits per heavy atom. The summed E-state index contributed by atoms with van der Waals surface area (Å²) in [5, 5.41) is 18.4. The van der Waals surface area contributed by atoms with Crippen LogP contribution in [0.15, 0.2) is 15.5 Å². The Bertz CT molecular complexity index is 536. The molecule has 0 aromatic carbocycles. The van der Waals surface area contributed by atoms with E-state index in [1.165, 1.54) is 6.20 Å². The van der Waals surface area contributed by atoms with E-state index in [0.717, 1.165) is 4.68 Å². The van der Waals surface area contributed by atoms with Crippen molar-refractivity contribution in [3.63, 3.8) is 0 Å². The quantitative estimate of drug-likeness (QED) is 0.713. The lowest BCUT2D eigenvalue weighted by Crippen LogP contribution is -2.43. The third-order valence-corrected chi connectivity index (χ3v) is 3.02. The van der Waals surface area contributed by atoms with E-state index in [4.69, 9.17) is 5.11 Å². The van der Waals surface area contributed by atoms with Gasteiger partial charge >= 0.3 is 0 Å². The van der Waals surface area contributed by atoms with Gasteiger partial charge in [-0.2, -0.15) is 5.10 Å². The largest absolute Gasteiger partial charge is 0.394 e. The van der Waals surface area contributed by atoms with E-state index in [2.05, 4.69) is 31.7 Å². The minimum absolute atomic E-state index is 0.0427. The van der Waals surface area contributed by atoms with Crippen molar-refractivity contribution in [2.24, 2.45) is 0 Å². The van der Waals surface area contributed by atoms with Gasteiger partial charge in [0.1, 0.15) is 4.47 Å². The number of halogens is 1. The first-order valence-electron chi connectivity index (χ1n) is 6.16. The Labute approximate surface area is 125 Å². The number of rotatable bonds is 5. The number of nitrogens with zero attached hydrogens (tertiary/aromatic N) is 2. The lowest BCUT2D eigenvalue weighted by Gasteiger charge is -2.20. The zero-order valence-electron chi connectivity index (χ0n) is 11.7. The van der Waals surface area contributed by atoms with Gasteiger partial charge in [0.05, 0.1) is 31.6 Å². The first kappa shape index (κ1) is 16.6. The molecular formula is C12H19BrN4O3. The van der Waals surface area contributed by atoms with Crippen LogP contribution in [-0.2, 0) is 11.3 Å². The molecule has 1 aromatic heterocycles. The average Bonchev–Trinajstić information content (AvgIpc) is 2.32. The lowest BCUT2D eigenvalue weighted by atomic mass is 10.1. The van der Waals surface area contributed by atoms with Crippen molar-refractivity contribution in [2.45, 2.75) is 32.9 Å². The molecule has 1 heterocycles. The molecule has 0 saturated carbocycles. The molecule has 0 bridgehead atoms. The number of carbonyl (C=O) groups is 1. The molecule has 3 N–H and O–H groups in total. The molecule has 112 valence electrons. The van der Waals surface area contributed by atoms with Crippen molar-refractivity contribution in [1.82, 2.24) is 15.1 Å². The average molecular weight is 347 g/mol. The molecule has 8 heteroatoms. The standard InChI is InChI=1S/C12H19BrN4O3/c1-12(2,3)16-9(19)7-14-8-6-15-17(4-5-18)11(20)10(8)13/h6,14,18H,4-5,7H2,1-3H3,(H,16,19). The maximum atomic E-state index is 11.9. The van der Waals surface area contributed by atoms with Gasteiger partial charge in [0.15, 0.2) is 0 Å². The molecule has 0 spiro atoms. The van der Waals surface area contributed by atoms with Crippen molar-refractivity contribution in [3.05, 3.63) is 21.0 Å².